The first-order valence-corrected chi connectivity index (χ1v) is 8.59. The van der Waals surface area contributed by atoms with Crippen molar-refractivity contribution in [3.05, 3.63) is 71.3 Å². The minimum atomic E-state index is -0.514. The Morgan fingerprint density at radius 1 is 0.880 bits per heavy atom. The van der Waals surface area contributed by atoms with Gasteiger partial charge < -0.3 is 10.6 Å². The zero-order chi connectivity index (χ0) is 17.6. The average Bonchev–Trinajstić information content (AvgIpc) is 2.87. The third-order valence-electron chi connectivity index (χ3n) is 4.52. The zero-order valence-corrected chi connectivity index (χ0v) is 14.2. The summed E-state index contributed by atoms with van der Waals surface area (Å²) in [6.07, 6.45) is 0.939. The molecule has 0 unspecified atom stereocenters. The maximum Gasteiger partial charge on any atom is 0.253 e. The fourth-order valence-electron chi connectivity index (χ4n) is 3.16. The minimum Gasteiger partial charge on any atom is -0.366 e. The summed E-state index contributed by atoms with van der Waals surface area (Å²) in [4.78, 5) is 28.3. The van der Waals surface area contributed by atoms with Crippen molar-refractivity contribution < 1.29 is 9.59 Å². The number of rotatable bonds is 4. The Morgan fingerprint density at radius 2 is 1.64 bits per heavy atom. The number of carbonyl (C=O) groups excluding carboxylic acids is 2. The number of carbonyl (C=O) groups is 2. The van der Waals surface area contributed by atoms with Gasteiger partial charge in [0.2, 0.25) is 5.91 Å². The van der Waals surface area contributed by atoms with E-state index in [9.17, 15) is 9.59 Å². The molecule has 0 saturated carbocycles. The molecule has 1 fully saturated rings. The van der Waals surface area contributed by atoms with Crippen LogP contribution in [0.3, 0.4) is 0 Å². The Hall–Kier alpha value is -2.66. The molecular weight excluding hydrogens is 314 g/mol. The number of amides is 2. The Morgan fingerprint density at radius 3 is 2.40 bits per heavy atom. The quantitative estimate of drug-likeness (QED) is 0.929. The molecule has 0 aromatic heterocycles. The van der Waals surface area contributed by atoms with Crippen molar-refractivity contribution in [3.63, 3.8) is 0 Å². The van der Waals surface area contributed by atoms with E-state index in [0.717, 1.165) is 32.6 Å². The van der Waals surface area contributed by atoms with Gasteiger partial charge in [0.25, 0.3) is 5.91 Å². The minimum absolute atomic E-state index is 0.0374. The van der Waals surface area contributed by atoms with E-state index in [1.54, 1.807) is 24.3 Å². The molecule has 0 radical (unpaired) electrons. The van der Waals surface area contributed by atoms with Gasteiger partial charge in [-0.05, 0) is 30.2 Å². The van der Waals surface area contributed by atoms with E-state index in [0.29, 0.717) is 17.7 Å². The van der Waals surface area contributed by atoms with Crippen molar-refractivity contribution in [1.82, 2.24) is 9.80 Å². The van der Waals surface area contributed by atoms with Gasteiger partial charge in [0.05, 0.1) is 0 Å². The van der Waals surface area contributed by atoms with Crippen LogP contribution in [0.1, 0.15) is 32.7 Å². The van der Waals surface area contributed by atoms with E-state index in [1.165, 1.54) is 5.56 Å². The first-order valence-electron chi connectivity index (χ1n) is 8.59. The van der Waals surface area contributed by atoms with Crippen molar-refractivity contribution in [1.29, 1.82) is 0 Å². The molecule has 5 heteroatoms. The summed E-state index contributed by atoms with van der Waals surface area (Å²) >= 11 is 0. The van der Waals surface area contributed by atoms with Gasteiger partial charge >= 0.3 is 0 Å². The molecule has 2 amide bonds. The summed E-state index contributed by atoms with van der Waals surface area (Å²) in [5.74, 6) is -0.552. The molecule has 130 valence electrons. The second kappa shape index (κ2) is 7.94. The highest BCUT2D eigenvalue weighted by Gasteiger charge is 2.20. The maximum absolute atomic E-state index is 12.7. The van der Waals surface area contributed by atoms with Gasteiger partial charge in [-0.25, -0.2) is 0 Å². The molecule has 2 aromatic rings. The standard InChI is InChI=1S/C20H23N3O2/c21-19(24)17-8-4-9-18(14-17)20(25)23-11-5-10-22(12-13-23)15-16-6-2-1-3-7-16/h1-4,6-9,14H,5,10-13,15H2,(H2,21,24). The molecule has 1 aliphatic rings. The number of nitrogens with two attached hydrogens (primary N) is 1. The molecule has 1 heterocycles. The van der Waals surface area contributed by atoms with Crippen LogP contribution in [0.4, 0.5) is 0 Å². The van der Waals surface area contributed by atoms with Crippen LogP contribution in [0.5, 0.6) is 0 Å². The lowest BCUT2D eigenvalue weighted by molar-refractivity contribution is 0.0761. The summed E-state index contributed by atoms with van der Waals surface area (Å²) in [5, 5.41) is 0. The predicted molar refractivity (Wildman–Crippen MR) is 97.2 cm³/mol. The maximum atomic E-state index is 12.7. The Balaban J connectivity index is 1.63. The largest absolute Gasteiger partial charge is 0.366 e. The summed E-state index contributed by atoms with van der Waals surface area (Å²) in [5.41, 5.74) is 7.48. The molecule has 5 nitrogen and oxygen atoms in total. The fourth-order valence-corrected chi connectivity index (χ4v) is 3.16. The van der Waals surface area contributed by atoms with E-state index >= 15 is 0 Å². The molecule has 1 aliphatic heterocycles. The smallest absolute Gasteiger partial charge is 0.253 e. The molecule has 25 heavy (non-hydrogen) atoms. The SMILES string of the molecule is NC(=O)c1cccc(C(=O)N2CCCN(Cc3ccccc3)CC2)c1. The van der Waals surface area contributed by atoms with Crippen LogP contribution in [0.25, 0.3) is 0 Å². The summed E-state index contributed by atoms with van der Waals surface area (Å²) < 4.78 is 0. The summed E-state index contributed by atoms with van der Waals surface area (Å²) in [7, 11) is 0. The third kappa shape index (κ3) is 4.45. The third-order valence-corrected chi connectivity index (χ3v) is 4.52. The Kier molecular flexibility index (Phi) is 5.46. The van der Waals surface area contributed by atoms with E-state index in [1.807, 2.05) is 11.0 Å². The Bertz CT molecular complexity index is 746. The predicted octanol–water partition coefficient (Wildman–Crippen LogP) is 2.13. The Labute approximate surface area is 148 Å². The second-order valence-corrected chi connectivity index (χ2v) is 6.35. The molecule has 0 aliphatic carbocycles. The van der Waals surface area contributed by atoms with Crippen molar-refractivity contribution >= 4 is 11.8 Å². The normalized spacial score (nSPS) is 15.6. The van der Waals surface area contributed by atoms with E-state index < -0.39 is 5.91 Å². The van der Waals surface area contributed by atoms with Crippen LogP contribution in [0.15, 0.2) is 54.6 Å². The molecule has 0 atom stereocenters. The van der Waals surface area contributed by atoms with Crippen LogP contribution in [-0.2, 0) is 6.54 Å². The van der Waals surface area contributed by atoms with Gasteiger partial charge in [0.1, 0.15) is 0 Å². The first kappa shape index (κ1) is 17.2. The lowest BCUT2D eigenvalue weighted by Gasteiger charge is -2.22. The van der Waals surface area contributed by atoms with Gasteiger partial charge in [-0.3, -0.25) is 14.5 Å². The molecule has 3 rings (SSSR count). The fraction of sp³-hybridized carbons (Fsp3) is 0.300. The van der Waals surface area contributed by atoms with Crippen LogP contribution in [-0.4, -0.2) is 47.8 Å². The first-order chi connectivity index (χ1) is 12.1. The summed E-state index contributed by atoms with van der Waals surface area (Å²) in [6.45, 7) is 4.13. The van der Waals surface area contributed by atoms with Gasteiger partial charge in [-0.1, -0.05) is 36.4 Å². The second-order valence-electron chi connectivity index (χ2n) is 6.35. The van der Waals surface area contributed by atoms with Crippen molar-refractivity contribution in [2.75, 3.05) is 26.2 Å². The summed E-state index contributed by atoms with van der Waals surface area (Å²) in [6, 6.07) is 17.0. The topological polar surface area (TPSA) is 66.6 Å². The van der Waals surface area contributed by atoms with Crippen LogP contribution >= 0.6 is 0 Å². The average molecular weight is 337 g/mol. The van der Waals surface area contributed by atoms with E-state index in [-0.39, 0.29) is 5.91 Å². The lowest BCUT2D eigenvalue weighted by Crippen LogP contribution is -2.35. The van der Waals surface area contributed by atoms with Crippen molar-refractivity contribution in [3.8, 4) is 0 Å². The number of hydrogen-bond acceptors (Lipinski definition) is 3. The van der Waals surface area contributed by atoms with E-state index in [4.69, 9.17) is 5.73 Å². The molecule has 2 N–H and O–H groups in total. The number of benzene rings is 2. The van der Waals surface area contributed by atoms with Gasteiger partial charge in [-0.15, -0.1) is 0 Å². The highest BCUT2D eigenvalue weighted by Crippen LogP contribution is 2.13. The van der Waals surface area contributed by atoms with Crippen LogP contribution < -0.4 is 5.73 Å². The molecule has 0 spiro atoms. The molecular formula is C20H23N3O2. The monoisotopic (exact) mass is 337 g/mol. The number of primary amides is 1. The lowest BCUT2D eigenvalue weighted by atomic mass is 10.1. The van der Waals surface area contributed by atoms with Crippen molar-refractivity contribution in [2.24, 2.45) is 5.73 Å². The van der Waals surface area contributed by atoms with Gasteiger partial charge in [0, 0.05) is 43.9 Å². The van der Waals surface area contributed by atoms with Crippen LogP contribution in [0, 0.1) is 0 Å². The highest BCUT2D eigenvalue weighted by atomic mass is 16.2. The van der Waals surface area contributed by atoms with Gasteiger partial charge in [0.15, 0.2) is 0 Å². The van der Waals surface area contributed by atoms with Crippen molar-refractivity contribution in [2.45, 2.75) is 13.0 Å². The van der Waals surface area contributed by atoms with E-state index in [2.05, 4.69) is 29.2 Å². The highest BCUT2D eigenvalue weighted by molar-refractivity contribution is 5.99. The molecule has 2 aromatic carbocycles. The van der Waals surface area contributed by atoms with Crippen LogP contribution in [0.2, 0.25) is 0 Å². The number of nitrogens with zero attached hydrogens (tertiary/aromatic N) is 2. The number of hydrogen-bond donors (Lipinski definition) is 1. The molecule has 0 bridgehead atoms. The zero-order valence-electron chi connectivity index (χ0n) is 14.2. The van der Waals surface area contributed by atoms with Gasteiger partial charge in [-0.2, -0.15) is 0 Å². The molecule has 1 saturated heterocycles.